The number of halogens is 2. The van der Waals surface area contributed by atoms with E-state index < -0.39 is 0 Å². The molecular weight excluding hydrogens is 293 g/mol. The number of rotatable bonds is 4. The standard InChI is InChI=1S/C9H9BrClN5/c10-7-3-6(1-2-8(7)11)4-12-5-9-13-15-16-14-9/h1-3,12H,4-5H2,(H,13,14,15,16). The van der Waals surface area contributed by atoms with Crippen molar-refractivity contribution in [2.75, 3.05) is 0 Å². The summed E-state index contributed by atoms with van der Waals surface area (Å²) in [4.78, 5) is 0. The molecule has 2 N–H and O–H groups in total. The van der Waals surface area contributed by atoms with E-state index in [0.717, 1.165) is 16.6 Å². The molecule has 1 heterocycles. The van der Waals surface area contributed by atoms with Crippen LogP contribution < -0.4 is 5.32 Å². The Balaban J connectivity index is 1.87. The molecule has 0 unspecified atom stereocenters. The molecule has 84 valence electrons. The first-order chi connectivity index (χ1) is 7.75. The highest BCUT2D eigenvalue weighted by molar-refractivity contribution is 9.10. The second-order valence-corrected chi connectivity index (χ2v) is 4.44. The van der Waals surface area contributed by atoms with Gasteiger partial charge in [-0.2, -0.15) is 5.21 Å². The van der Waals surface area contributed by atoms with Crippen molar-refractivity contribution in [1.82, 2.24) is 25.9 Å². The summed E-state index contributed by atoms with van der Waals surface area (Å²) in [5.41, 5.74) is 1.14. The first-order valence-electron chi connectivity index (χ1n) is 4.62. The molecule has 0 spiro atoms. The van der Waals surface area contributed by atoms with E-state index in [-0.39, 0.29) is 0 Å². The van der Waals surface area contributed by atoms with Gasteiger partial charge < -0.3 is 5.32 Å². The number of tetrazole rings is 1. The van der Waals surface area contributed by atoms with Gasteiger partial charge in [-0.1, -0.05) is 22.9 Å². The Bertz CT molecular complexity index is 459. The monoisotopic (exact) mass is 301 g/mol. The van der Waals surface area contributed by atoms with E-state index in [0.29, 0.717) is 17.4 Å². The Hall–Kier alpha value is -0.980. The molecule has 0 amide bonds. The van der Waals surface area contributed by atoms with Crippen molar-refractivity contribution in [2.45, 2.75) is 13.1 Å². The number of hydrogen-bond donors (Lipinski definition) is 2. The number of nitrogens with one attached hydrogen (secondary N) is 2. The molecule has 16 heavy (non-hydrogen) atoms. The summed E-state index contributed by atoms with van der Waals surface area (Å²) in [5, 5.41) is 17.5. The molecule has 0 aliphatic heterocycles. The van der Waals surface area contributed by atoms with Crippen LogP contribution in [0.3, 0.4) is 0 Å². The van der Waals surface area contributed by atoms with Gasteiger partial charge in [0.25, 0.3) is 0 Å². The topological polar surface area (TPSA) is 66.5 Å². The summed E-state index contributed by atoms with van der Waals surface area (Å²) in [6, 6.07) is 5.80. The lowest BCUT2D eigenvalue weighted by Gasteiger charge is -2.03. The van der Waals surface area contributed by atoms with E-state index in [1.54, 1.807) is 0 Å². The van der Waals surface area contributed by atoms with Crippen molar-refractivity contribution in [3.05, 3.63) is 39.1 Å². The van der Waals surface area contributed by atoms with Crippen LogP contribution in [0.25, 0.3) is 0 Å². The van der Waals surface area contributed by atoms with Crippen LogP contribution in [-0.2, 0) is 13.1 Å². The predicted octanol–water partition coefficient (Wildman–Crippen LogP) is 1.91. The number of hydrogen-bond acceptors (Lipinski definition) is 4. The van der Waals surface area contributed by atoms with E-state index in [2.05, 4.69) is 41.9 Å². The average molecular weight is 303 g/mol. The highest BCUT2D eigenvalue weighted by Gasteiger charge is 2.00. The van der Waals surface area contributed by atoms with Gasteiger partial charge in [0.2, 0.25) is 0 Å². The molecule has 0 saturated carbocycles. The van der Waals surface area contributed by atoms with Crippen LogP contribution in [0.1, 0.15) is 11.4 Å². The van der Waals surface area contributed by atoms with Crippen LogP contribution in [0, 0.1) is 0 Å². The van der Waals surface area contributed by atoms with Gasteiger partial charge in [-0.05, 0) is 33.6 Å². The second-order valence-electron chi connectivity index (χ2n) is 3.18. The van der Waals surface area contributed by atoms with E-state index >= 15 is 0 Å². The van der Waals surface area contributed by atoms with Crippen LogP contribution in [0.5, 0.6) is 0 Å². The molecule has 0 bridgehead atoms. The number of aromatic nitrogens is 4. The van der Waals surface area contributed by atoms with Gasteiger partial charge in [-0.15, -0.1) is 10.2 Å². The molecule has 2 aromatic rings. The number of benzene rings is 1. The predicted molar refractivity (Wildman–Crippen MR) is 63.9 cm³/mol. The molecule has 0 radical (unpaired) electrons. The molecule has 5 nitrogen and oxygen atoms in total. The summed E-state index contributed by atoms with van der Waals surface area (Å²) < 4.78 is 0.896. The number of H-pyrrole nitrogens is 1. The smallest absolute Gasteiger partial charge is 0.188 e. The molecule has 1 aromatic heterocycles. The van der Waals surface area contributed by atoms with Crippen molar-refractivity contribution in [1.29, 1.82) is 0 Å². The largest absolute Gasteiger partial charge is 0.306 e. The van der Waals surface area contributed by atoms with E-state index in [9.17, 15) is 0 Å². The van der Waals surface area contributed by atoms with Crippen molar-refractivity contribution in [3.8, 4) is 0 Å². The summed E-state index contributed by atoms with van der Waals surface area (Å²) in [6.45, 7) is 1.31. The summed E-state index contributed by atoms with van der Waals surface area (Å²) in [7, 11) is 0. The summed E-state index contributed by atoms with van der Waals surface area (Å²) in [5.74, 6) is 0.646. The lowest BCUT2D eigenvalue weighted by Crippen LogP contribution is -2.13. The third kappa shape index (κ3) is 3.01. The van der Waals surface area contributed by atoms with E-state index in [1.165, 1.54) is 0 Å². The Labute approximate surface area is 106 Å². The fraction of sp³-hybridized carbons (Fsp3) is 0.222. The summed E-state index contributed by atoms with van der Waals surface area (Å²) >= 11 is 9.27. The fourth-order valence-electron chi connectivity index (χ4n) is 1.23. The molecule has 0 saturated heterocycles. The SMILES string of the molecule is Clc1ccc(CNCc2nn[nH]n2)cc1Br. The summed E-state index contributed by atoms with van der Waals surface area (Å²) in [6.07, 6.45) is 0. The van der Waals surface area contributed by atoms with Crippen LogP contribution in [0.15, 0.2) is 22.7 Å². The second kappa shape index (κ2) is 5.38. The van der Waals surface area contributed by atoms with Gasteiger partial charge in [0, 0.05) is 11.0 Å². The molecule has 0 aliphatic carbocycles. The molecule has 0 atom stereocenters. The number of nitrogens with zero attached hydrogens (tertiary/aromatic N) is 3. The molecule has 7 heteroatoms. The van der Waals surface area contributed by atoms with Crippen molar-refractivity contribution in [3.63, 3.8) is 0 Å². The number of aromatic amines is 1. The molecule has 0 fully saturated rings. The van der Waals surface area contributed by atoms with Crippen molar-refractivity contribution in [2.24, 2.45) is 0 Å². The molecule has 1 aromatic carbocycles. The zero-order chi connectivity index (χ0) is 11.4. The highest BCUT2D eigenvalue weighted by Crippen LogP contribution is 2.23. The van der Waals surface area contributed by atoms with Gasteiger partial charge in [-0.3, -0.25) is 0 Å². The van der Waals surface area contributed by atoms with Crippen LogP contribution in [-0.4, -0.2) is 20.6 Å². The van der Waals surface area contributed by atoms with Gasteiger partial charge in [-0.25, -0.2) is 0 Å². The normalized spacial score (nSPS) is 10.6. The third-order valence-electron chi connectivity index (χ3n) is 1.99. The first kappa shape index (κ1) is 11.5. The van der Waals surface area contributed by atoms with Gasteiger partial charge in [0.15, 0.2) is 5.82 Å². The van der Waals surface area contributed by atoms with Crippen molar-refractivity contribution < 1.29 is 0 Å². The quantitative estimate of drug-likeness (QED) is 0.905. The Morgan fingerprint density at radius 3 is 2.94 bits per heavy atom. The maximum atomic E-state index is 5.90. The minimum absolute atomic E-state index is 0.580. The Morgan fingerprint density at radius 1 is 1.38 bits per heavy atom. The van der Waals surface area contributed by atoms with Crippen LogP contribution in [0.4, 0.5) is 0 Å². The fourth-order valence-corrected chi connectivity index (χ4v) is 1.77. The first-order valence-corrected chi connectivity index (χ1v) is 5.80. The van der Waals surface area contributed by atoms with Crippen LogP contribution in [0.2, 0.25) is 5.02 Å². The van der Waals surface area contributed by atoms with Gasteiger partial charge >= 0.3 is 0 Å². The third-order valence-corrected chi connectivity index (χ3v) is 3.20. The molecular formula is C9H9BrClN5. The minimum atomic E-state index is 0.580. The molecule has 0 aliphatic rings. The Morgan fingerprint density at radius 2 is 2.25 bits per heavy atom. The Kier molecular flexibility index (Phi) is 3.87. The maximum absolute atomic E-state index is 5.90. The molecule has 2 rings (SSSR count). The maximum Gasteiger partial charge on any atom is 0.188 e. The van der Waals surface area contributed by atoms with Gasteiger partial charge in [0.05, 0.1) is 11.6 Å². The van der Waals surface area contributed by atoms with E-state index in [1.807, 2.05) is 18.2 Å². The minimum Gasteiger partial charge on any atom is -0.306 e. The lowest BCUT2D eigenvalue weighted by molar-refractivity contribution is 0.663. The zero-order valence-electron chi connectivity index (χ0n) is 8.24. The zero-order valence-corrected chi connectivity index (χ0v) is 10.6. The van der Waals surface area contributed by atoms with Gasteiger partial charge in [0.1, 0.15) is 0 Å². The van der Waals surface area contributed by atoms with Crippen molar-refractivity contribution >= 4 is 27.5 Å². The van der Waals surface area contributed by atoms with Crippen LogP contribution >= 0.6 is 27.5 Å². The highest BCUT2D eigenvalue weighted by atomic mass is 79.9. The average Bonchev–Trinajstić information content (AvgIpc) is 2.76. The van der Waals surface area contributed by atoms with E-state index in [4.69, 9.17) is 11.6 Å². The lowest BCUT2D eigenvalue weighted by atomic mass is 10.2.